The van der Waals surface area contributed by atoms with Gasteiger partial charge in [0.15, 0.2) is 0 Å². The van der Waals surface area contributed by atoms with Crippen LogP contribution in [0.2, 0.25) is 0 Å². The van der Waals surface area contributed by atoms with Crippen LogP contribution in [0.5, 0.6) is 5.75 Å². The Bertz CT molecular complexity index is 413. The maximum absolute atomic E-state index is 11.9. The third-order valence-corrected chi connectivity index (χ3v) is 2.57. The van der Waals surface area contributed by atoms with E-state index in [0.29, 0.717) is 25.1 Å². The number of carbonyl (C=O) groups is 1. The summed E-state index contributed by atoms with van der Waals surface area (Å²) in [5.41, 5.74) is 0.458. The van der Waals surface area contributed by atoms with E-state index in [1.807, 2.05) is 6.92 Å². The molecule has 0 saturated carbocycles. The normalized spacial score (nSPS) is 12.1. The van der Waals surface area contributed by atoms with E-state index in [9.17, 15) is 18.7 Å². The van der Waals surface area contributed by atoms with Crippen LogP contribution in [0.15, 0.2) is 24.3 Å². The van der Waals surface area contributed by atoms with E-state index in [2.05, 4.69) is 15.4 Å². The Morgan fingerprint density at radius 2 is 2.00 bits per heavy atom. The molecule has 0 fully saturated rings. The highest BCUT2D eigenvalue weighted by Crippen LogP contribution is 2.17. The highest BCUT2D eigenvalue weighted by molar-refractivity contribution is 5.89. The first-order valence-corrected chi connectivity index (χ1v) is 6.29. The number of hydrogen-bond acceptors (Lipinski definition) is 3. The fourth-order valence-electron chi connectivity index (χ4n) is 1.45. The van der Waals surface area contributed by atoms with Crippen molar-refractivity contribution in [1.29, 1.82) is 0 Å². The van der Waals surface area contributed by atoms with Gasteiger partial charge in [-0.1, -0.05) is 6.92 Å². The molecule has 1 atom stereocenters. The number of aliphatic hydroxyl groups excluding tert-OH is 1. The zero-order valence-corrected chi connectivity index (χ0v) is 11.1. The predicted octanol–water partition coefficient (Wildman–Crippen LogP) is 2.57. The highest BCUT2D eigenvalue weighted by atomic mass is 19.3. The molecule has 2 amide bonds. The molecule has 0 aliphatic carbocycles. The van der Waals surface area contributed by atoms with Crippen LogP contribution in [0, 0.1) is 0 Å². The molecule has 1 unspecified atom stereocenters. The molecule has 0 heterocycles. The second-order valence-corrected chi connectivity index (χ2v) is 4.13. The number of carbonyl (C=O) groups excluding carboxylic acids is 1. The van der Waals surface area contributed by atoms with E-state index < -0.39 is 18.7 Å². The predicted molar refractivity (Wildman–Crippen MR) is 71.0 cm³/mol. The van der Waals surface area contributed by atoms with Crippen molar-refractivity contribution in [3.63, 3.8) is 0 Å². The van der Waals surface area contributed by atoms with Gasteiger partial charge in [-0.05, 0) is 37.1 Å². The number of ether oxygens (including phenoxy) is 1. The van der Waals surface area contributed by atoms with Gasteiger partial charge < -0.3 is 20.5 Å². The lowest BCUT2D eigenvalue weighted by molar-refractivity contribution is -0.0498. The van der Waals surface area contributed by atoms with Crippen molar-refractivity contribution >= 4 is 11.7 Å². The largest absolute Gasteiger partial charge is 0.435 e. The van der Waals surface area contributed by atoms with Gasteiger partial charge in [0, 0.05) is 12.2 Å². The van der Waals surface area contributed by atoms with Gasteiger partial charge in [-0.15, -0.1) is 0 Å². The van der Waals surface area contributed by atoms with Gasteiger partial charge in [-0.2, -0.15) is 8.78 Å². The first-order chi connectivity index (χ1) is 9.51. The van der Waals surface area contributed by atoms with Gasteiger partial charge in [0.05, 0.1) is 6.10 Å². The van der Waals surface area contributed by atoms with E-state index in [-0.39, 0.29) is 5.75 Å². The molecule has 0 radical (unpaired) electrons. The lowest BCUT2D eigenvalue weighted by atomic mass is 10.2. The van der Waals surface area contributed by atoms with Gasteiger partial charge in [-0.3, -0.25) is 0 Å². The Balaban J connectivity index is 2.34. The first kappa shape index (κ1) is 16.2. The van der Waals surface area contributed by atoms with E-state index in [4.69, 9.17) is 0 Å². The minimum atomic E-state index is -2.87. The van der Waals surface area contributed by atoms with Gasteiger partial charge in [0.2, 0.25) is 0 Å². The number of hydrogen-bond donors (Lipinski definition) is 3. The smallest absolute Gasteiger partial charge is 0.387 e. The standard InChI is InChI=1S/C13H18F2N2O3/c1-2-10(18)7-8-16-13(19)17-9-3-5-11(6-4-9)20-12(14)15/h3-6,10,12,18H,2,7-8H2,1H3,(H2,16,17,19). The SMILES string of the molecule is CCC(O)CCNC(=O)Nc1ccc(OC(F)F)cc1. The second-order valence-electron chi connectivity index (χ2n) is 4.13. The summed E-state index contributed by atoms with van der Waals surface area (Å²) in [6.45, 7) is -0.664. The molecular formula is C13H18F2N2O3. The van der Waals surface area contributed by atoms with Crippen LogP contribution in [-0.4, -0.2) is 30.4 Å². The zero-order chi connectivity index (χ0) is 15.0. The molecule has 0 aromatic heterocycles. The van der Waals surface area contributed by atoms with Crippen LogP contribution < -0.4 is 15.4 Å². The van der Waals surface area contributed by atoms with Crippen molar-refractivity contribution in [3.8, 4) is 5.75 Å². The van der Waals surface area contributed by atoms with Crippen molar-refractivity contribution in [2.45, 2.75) is 32.5 Å². The van der Waals surface area contributed by atoms with Crippen molar-refractivity contribution in [1.82, 2.24) is 5.32 Å². The van der Waals surface area contributed by atoms with E-state index >= 15 is 0 Å². The monoisotopic (exact) mass is 288 g/mol. The van der Waals surface area contributed by atoms with Crippen molar-refractivity contribution in [2.75, 3.05) is 11.9 Å². The molecule has 1 aromatic carbocycles. The summed E-state index contributed by atoms with van der Waals surface area (Å²) >= 11 is 0. The highest BCUT2D eigenvalue weighted by Gasteiger charge is 2.06. The Hall–Kier alpha value is -1.89. The summed E-state index contributed by atoms with van der Waals surface area (Å²) in [5, 5.41) is 14.4. The van der Waals surface area contributed by atoms with Gasteiger partial charge in [0.1, 0.15) is 5.75 Å². The van der Waals surface area contributed by atoms with Crippen molar-refractivity contribution < 1.29 is 23.4 Å². The number of nitrogens with one attached hydrogen (secondary N) is 2. The summed E-state index contributed by atoms with van der Waals surface area (Å²) < 4.78 is 28.1. The maximum atomic E-state index is 11.9. The minimum Gasteiger partial charge on any atom is -0.435 e. The van der Waals surface area contributed by atoms with Gasteiger partial charge >= 0.3 is 12.6 Å². The third kappa shape index (κ3) is 6.33. The summed E-state index contributed by atoms with van der Waals surface area (Å²) in [5.74, 6) is 0.0250. The summed E-state index contributed by atoms with van der Waals surface area (Å²) in [7, 11) is 0. The van der Waals surface area contributed by atoms with Crippen LogP contribution in [0.1, 0.15) is 19.8 Å². The summed E-state index contributed by atoms with van der Waals surface area (Å²) in [4.78, 5) is 11.5. The summed E-state index contributed by atoms with van der Waals surface area (Å²) in [6, 6.07) is 5.16. The second kappa shape index (κ2) is 8.31. The molecule has 0 bridgehead atoms. The van der Waals surface area contributed by atoms with Gasteiger partial charge in [-0.25, -0.2) is 4.79 Å². The fraction of sp³-hybridized carbons (Fsp3) is 0.462. The molecular weight excluding hydrogens is 270 g/mol. The van der Waals surface area contributed by atoms with E-state index in [1.54, 1.807) is 0 Å². The number of anilines is 1. The van der Waals surface area contributed by atoms with Crippen molar-refractivity contribution in [2.24, 2.45) is 0 Å². The lowest BCUT2D eigenvalue weighted by Gasteiger charge is -2.10. The van der Waals surface area contributed by atoms with E-state index in [0.717, 1.165) is 0 Å². The lowest BCUT2D eigenvalue weighted by Crippen LogP contribution is -2.31. The molecule has 3 N–H and O–H groups in total. The first-order valence-electron chi connectivity index (χ1n) is 6.29. The molecule has 20 heavy (non-hydrogen) atoms. The molecule has 5 nitrogen and oxygen atoms in total. The van der Waals surface area contributed by atoms with Crippen LogP contribution in [-0.2, 0) is 0 Å². The molecule has 1 rings (SSSR count). The van der Waals surface area contributed by atoms with Crippen LogP contribution >= 0.6 is 0 Å². The molecule has 0 aliphatic heterocycles. The number of urea groups is 1. The maximum Gasteiger partial charge on any atom is 0.387 e. The van der Waals surface area contributed by atoms with Crippen LogP contribution in [0.4, 0.5) is 19.3 Å². The molecule has 1 aromatic rings. The Kier molecular flexibility index (Phi) is 6.72. The quantitative estimate of drug-likeness (QED) is 0.722. The Morgan fingerprint density at radius 3 is 2.55 bits per heavy atom. The van der Waals surface area contributed by atoms with Crippen molar-refractivity contribution in [3.05, 3.63) is 24.3 Å². The zero-order valence-electron chi connectivity index (χ0n) is 11.1. The topological polar surface area (TPSA) is 70.6 Å². The molecule has 0 saturated heterocycles. The average molecular weight is 288 g/mol. The molecule has 0 aliphatic rings. The van der Waals surface area contributed by atoms with Crippen LogP contribution in [0.25, 0.3) is 0 Å². The fourth-order valence-corrected chi connectivity index (χ4v) is 1.45. The number of amides is 2. The average Bonchev–Trinajstić information content (AvgIpc) is 2.40. The Morgan fingerprint density at radius 1 is 1.35 bits per heavy atom. The molecule has 112 valence electrons. The number of benzene rings is 1. The summed E-state index contributed by atoms with van der Waals surface area (Å²) in [6.07, 6.45) is 0.682. The number of alkyl halides is 2. The van der Waals surface area contributed by atoms with E-state index in [1.165, 1.54) is 24.3 Å². The third-order valence-electron chi connectivity index (χ3n) is 2.57. The Labute approximate surface area is 115 Å². The number of rotatable bonds is 7. The number of aliphatic hydroxyl groups is 1. The minimum absolute atomic E-state index is 0.0250. The van der Waals surface area contributed by atoms with Crippen LogP contribution in [0.3, 0.4) is 0 Å². The molecule has 7 heteroatoms. The number of halogens is 2. The van der Waals surface area contributed by atoms with Gasteiger partial charge in [0.25, 0.3) is 0 Å². The molecule has 0 spiro atoms.